The molecule has 0 saturated carbocycles. The number of hydrogen-bond acceptors (Lipinski definition) is 4. The van der Waals surface area contributed by atoms with Gasteiger partial charge in [0.2, 0.25) is 0 Å². The lowest BCUT2D eigenvalue weighted by molar-refractivity contribution is -0.153. The highest BCUT2D eigenvalue weighted by molar-refractivity contribution is 5.85. The van der Waals surface area contributed by atoms with Crippen molar-refractivity contribution < 1.29 is 14.3 Å². The van der Waals surface area contributed by atoms with Gasteiger partial charge in [0.05, 0.1) is 17.9 Å². The van der Waals surface area contributed by atoms with Crippen molar-refractivity contribution in [2.24, 2.45) is 0 Å². The van der Waals surface area contributed by atoms with Gasteiger partial charge in [-0.1, -0.05) is 30.3 Å². The van der Waals surface area contributed by atoms with E-state index in [4.69, 9.17) is 10.00 Å². The van der Waals surface area contributed by atoms with Crippen LogP contribution >= 0.6 is 0 Å². The number of carbonyl (C=O) groups excluding carboxylic acids is 2. The van der Waals surface area contributed by atoms with Crippen molar-refractivity contribution in [2.45, 2.75) is 25.7 Å². The van der Waals surface area contributed by atoms with Crippen LogP contribution in [-0.4, -0.2) is 25.0 Å². The van der Waals surface area contributed by atoms with E-state index in [-0.39, 0.29) is 19.6 Å². The fourth-order valence-corrected chi connectivity index (χ4v) is 1.59. The Bertz CT molecular complexity index is 504. The molecule has 20 heavy (non-hydrogen) atoms. The van der Waals surface area contributed by atoms with Crippen molar-refractivity contribution >= 4 is 11.9 Å². The lowest BCUT2D eigenvalue weighted by atomic mass is 9.85. The van der Waals surface area contributed by atoms with Crippen LogP contribution in [0.4, 0.5) is 0 Å². The van der Waals surface area contributed by atoms with Crippen LogP contribution in [0.5, 0.6) is 0 Å². The molecule has 1 aromatic rings. The van der Waals surface area contributed by atoms with Crippen LogP contribution in [0.1, 0.15) is 25.8 Å². The molecule has 0 radical (unpaired) electrons. The molecule has 0 fully saturated rings. The van der Waals surface area contributed by atoms with Crippen LogP contribution in [0.2, 0.25) is 0 Å². The van der Waals surface area contributed by atoms with Gasteiger partial charge in [0.25, 0.3) is 5.91 Å². The van der Waals surface area contributed by atoms with Gasteiger partial charge >= 0.3 is 5.97 Å². The zero-order chi connectivity index (χ0) is 15.0. The molecule has 0 aliphatic heterocycles. The second-order valence-electron chi connectivity index (χ2n) is 4.83. The first kappa shape index (κ1) is 15.7. The molecule has 0 aromatic heterocycles. The molecule has 5 nitrogen and oxygen atoms in total. The minimum Gasteiger partial charge on any atom is -0.455 e. The zero-order valence-corrected chi connectivity index (χ0v) is 11.7. The molecule has 1 amide bonds. The molecule has 0 aliphatic rings. The summed E-state index contributed by atoms with van der Waals surface area (Å²) >= 11 is 0. The van der Waals surface area contributed by atoms with Gasteiger partial charge in [-0.15, -0.1) is 0 Å². The van der Waals surface area contributed by atoms with Gasteiger partial charge in [-0.25, -0.2) is 0 Å². The van der Waals surface area contributed by atoms with Crippen molar-refractivity contribution in [3.05, 3.63) is 35.9 Å². The third kappa shape index (κ3) is 4.39. The van der Waals surface area contributed by atoms with Crippen molar-refractivity contribution in [3.63, 3.8) is 0 Å². The van der Waals surface area contributed by atoms with Gasteiger partial charge in [-0.3, -0.25) is 9.59 Å². The largest absolute Gasteiger partial charge is 0.455 e. The normalized spacial score (nSPS) is 10.4. The number of nitrogens with zero attached hydrogens (tertiary/aromatic N) is 1. The minimum atomic E-state index is -0.811. The van der Waals surface area contributed by atoms with Crippen LogP contribution < -0.4 is 5.32 Å². The Balaban J connectivity index is 2.50. The van der Waals surface area contributed by atoms with Gasteiger partial charge in [0.1, 0.15) is 0 Å². The predicted molar refractivity (Wildman–Crippen MR) is 73.7 cm³/mol. The summed E-state index contributed by atoms with van der Waals surface area (Å²) in [7, 11) is 0. The summed E-state index contributed by atoms with van der Waals surface area (Å²) in [4.78, 5) is 23.4. The van der Waals surface area contributed by atoms with E-state index in [2.05, 4.69) is 5.32 Å². The number of benzene rings is 1. The summed E-state index contributed by atoms with van der Waals surface area (Å²) in [6.45, 7) is 3.42. The number of esters is 1. The number of ether oxygens (including phenoxy) is 1. The Labute approximate surface area is 118 Å². The Morgan fingerprint density at radius 3 is 2.55 bits per heavy atom. The summed E-state index contributed by atoms with van der Waals surface area (Å²) in [6.07, 6.45) is 0.231. The standard InChI is InChI=1S/C15H18N2O3/c1-15(2,12-7-4-3-5-8-12)14(19)20-11-13(18)17-10-6-9-16/h3-5,7-8H,6,10-11H2,1-2H3,(H,17,18). The fourth-order valence-electron chi connectivity index (χ4n) is 1.59. The van der Waals surface area contributed by atoms with Crippen LogP contribution in [0.25, 0.3) is 0 Å². The SMILES string of the molecule is CC(C)(C(=O)OCC(=O)NCCC#N)c1ccccc1. The molecule has 1 aromatic carbocycles. The molecular weight excluding hydrogens is 256 g/mol. The van der Waals surface area contributed by atoms with E-state index in [1.54, 1.807) is 13.8 Å². The number of nitriles is 1. The number of rotatable bonds is 6. The van der Waals surface area contributed by atoms with E-state index >= 15 is 0 Å². The molecule has 0 atom stereocenters. The monoisotopic (exact) mass is 274 g/mol. The molecule has 5 heteroatoms. The van der Waals surface area contributed by atoms with Crippen molar-refractivity contribution in [2.75, 3.05) is 13.2 Å². The molecule has 0 bridgehead atoms. The molecule has 0 unspecified atom stereocenters. The summed E-state index contributed by atoms with van der Waals surface area (Å²) in [5, 5.41) is 10.8. The molecule has 1 rings (SSSR count). The van der Waals surface area contributed by atoms with Crippen LogP contribution in [0.15, 0.2) is 30.3 Å². The first-order valence-corrected chi connectivity index (χ1v) is 6.35. The van der Waals surface area contributed by atoms with Gasteiger partial charge in [-0.05, 0) is 19.4 Å². The molecule has 106 valence electrons. The van der Waals surface area contributed by atoms with Crippen molar-refractivity contribution in [1.29, 1.82) is 5.26 Å². The van der Waals surface area contributed by atoms with Gasteiger partial charge in [0, 0.05) is 6.54 Å². The third-order valence-corrected chi connectivity index (χ3v) is 2.90. The smallest absolute Gasteiger partial charge is 0.316 e. The average molecular weight is 274 g/mol. The van der Waals surface area contributed by atoms with E-state index in [1.807, 2.05) is 36.4 Å². The molecular formula is C15H18N2O3. The second kappa shape index (κ2) is 7.29. The highest BCUT2D eigenvalue weighted by atomic mass is 16.5. The van der Waals surface area contributed by atoms with Gasteiger partial charge in [-0.2, -0.15) is 5.26 Å². The number of carbonyl (C=O) groups is 2. The maximum Gasteiger partial charge on any atom is 0.316 e. The van der Waals surface area contributed by atoms with Crippen molar-refractivity contribution in [1.82, 2.24) is 5.32 Å². The summed E-state index contributed by atoms with van der Waals surface area (Å²) < 4.78 is 5.02. The second-order valence-corrected chi connectivity index (χ2v) is 4.83. The highest BCUT2D eigenvalue weighted by Crippen LogP contribution is 2.24. The fraction of sp³-hybridized carbons (Fsp3) is 0.400. The third-order valence-electron chi connectivity index (χ3n) is 2.90. The van der Waals surface area contributed by atoms with Gasteiger partial charge in [0.15, 0.2) is 6.61 Å². The van der Waals surface area contributed by atoms with E-state index in [0.29, 0.717) is 0 Å². The Morgan fingerprint density at radius 1 is 1.30 bits per heavy atom. The minimum absolute atomic E-state index is 0.231. The maximum absolute atomic E-state index is 12.0. The molecule has 0 heterocycles. The van der Waals surface area contributed by atoms with Gasteiger partial charge < -0.3 is 10.1 Å². The first-order valence-electron chi connectivity index (χ1n) is 6.35. The van der Waals surface area contributed by atoms with E-state index < -0.39 is 17.3 Å². The summed E-state index contributed by atoms with van der Waals surface area (Å²) in [5.74, 6) is -0.864. The Kier molecular flexibility index (Phi) is 5.73. The summed E-state index contributed by atoms with van der Waals surface area (Å²) in [5.41, 5.74) is 0.0173. The molecule has 0 spiro atoms. The van der Waals surface area contributed by atoms with E-state index in [1.165, 1.54) is 0 Å². The quantitative estimate of drug-likeness (QED) is 0.630. The highest BCUT2D eigenvalue weighted by Gasteiger charge is 2.31. The van der Waals surface area contributed by atoms with Crippen LogP contribution in [-0.2, 0) is 19.7 Å². The Morgan fingerprint density at radius 2 is 1.95 bits per heavy atom. The lowest BCUT2D eigenvalue weighted by Gasteiger charge is -2.22. The van der Waals surface area contributed by atoms with E-state index in [0.717, 1.165) is 5.56 Å². The zero-order valence-electron chi connectivity index (χ0n) is 11.7. The number of amides is 1. The summed E-state index contributed by atoms with van der Waals surface area (Å²) in [6, 6.07) is 11.2. The number of nitrogens with one attached hydrogen (secondary N) is 1. The molecule has 0 aliphatic carbocycles. The molecule has 0 saturated heterocycles. The lowest BCUT2D eigenvalue weighted by Crippen LogP contribution is -2.35. The van der Waals surface area contributed by atoms with Crippen LogP contribution in [0, 0.1) is 11.3 Å². The van der Waals surface area contributed by atoms with Crippen LogP contribution in [0.3, 0.4) is 0 Å². The maximum atomic E-state index is 12.0. The first-order chi connectivity index (χ1) is 9.48. The topological polar surface area (TPSA) is 79.2 Å². The molecule has 1 N–H and O–H groups in total. The number of hydrogen-bond donors (Lipinski definition) is 1. The average Bonchev–Trinajstić information content (AvgIpc) is 2.46. The van der Waals surface area contributed by atoms with E-state index in [9.17, 15) is 9.59 Å². The Hall–Kier alpha value is -2.35. The van der Waals surface area contributed by atoms with Crippen molar-refractivity contribution in [3.8, 4) is 6.07 Å². The predicted octanol–water partition coefficient (Wildman–Crippen LogP) is 1.54.